The average Bonchev–Trinajstić information content (AvgIpc) is 2.49. The molecule has 3 atom stereocenters. The summed E-state index contributed by atoms with van der Waals surface area (Å²) in [6.45, 7) is 7.57. The Kier molecular flexibility index (Phi) is 5.59. The molecule has 1 heterocycles. The third kappa shape index (κ3) is 4.19. The number of nitrogens with zero attached hydrogens (tertiary/aromatic N) is 3. The van der Waals surface area contributed by atoms with Crippen molar-refractivity contribution in [2.24, 2.45) is 11.8 Å². The zero-order valence-electron chi connectivity index (χ0n) is 13.5. The van der Waals surface area contributed by atoms with Crippen molar-refractivity contribution in [2.75, 3.05) is 24.3 Å². The van der Waals surface area contributed by atoms with Gasteiger partial charge in [0.15, 0.2) is 0 Å². The largest absolute Gasteiger partial charge is 0.467 e. The van der Waals surface area contributed by atoms with Gasteiger partial charge in [-0.1, -0.05) is 33.6 Å². The van der Waals surface area contributed by atoms with Crippen LogP contribution in [0.25, 0.3) is 0 Å². The minimum Gasteiger partial charge on any atom is -0.467 e. The van der Waals surface area contributed by atoms with Gasteiger partial charge in [-0.3, -0.25) is 0 Å². The van der Waals surface area contributed by atoms with Crippen LogP contribution >= 0.6 is 0 Å². The molecular weight excluding hydrogens is 266 g/mol. The van der Waals surface area contributed by atoms with Gasteiger partial charge in [0.2, 0.25) is 11.9 Å². The predicted octanol–water partition coefficient (Wildman–Crippen LogP) is 2.94. The summed E-state index contributed by atoms with van der Waals surface area (Å²) in [5, 5.41) is 6.65. The molecule has 118 valence electrons. The van der Waals surface area contributed by atoms with Crippen LogP contribution in [-0.4, -0.2) is 34.6 Å². The lowest BCUT2D eigenvalue weighted by molar-refractivity contribution is 0.252. The fraction of sp³-hybridized carbons (Fsp3) is 0.800. The second-order valence-electron chi connectivity index (χ2n) is 5.91. The molecule has 0 aliphatic heterocycles. The zero-order chi connectivity index (χ0) is 15.2. The summed E-state index contributed by atoms with van der Waals surface area (Å²) in [5.41, 5.74) is 0. The van der Waals surface area contributed by atoms with Crippen LogP contribution < -0.4 is 15.4 Å². The molecule has 0 saturated heterocycles. The number of nitrogens with one attached hydrogen (secondary N) is 2. The van der Waals surface area contributed by atoms with E-state index in [0.717, 1.165) is 25.3 Å². The molecule has 3 unspecified atom stereocenters. The van der Waals surface area contributed by atoms with Crippen LogP contribution in [0.4, 0.5) is 11.9 Å². The number of hydrogen-bond donors (Lipinski definition) is 2. The first kappa shape index (κ1) is 15.8. The highest BCUT2D eigenvalue weighted by molar-refractivity contribution is 5.36. The second-order valence-corrected chi connectivity index (χ2v) is 5.91. The van der Waals surface area contributed by atoms with Gasteiger partial charge in [-0.05, 0) is 24.7 Å². The summed E-state index contributed by atoms with van der Waals surface area (Å²) < 4.78 is 5.17. The highest BCUT2D eigenvalue weighted by atomic mass is 16.5. The van der Waals surface area contributed by atoms with Crippen LogP contribution in [0.2, 0.25) is 0 Å². The number of methoxy groups -OCH3 is 1. The molecule has 1 aliphatic carbocycles. The molecule has 0 bridgehead atoms. The lowest BCUT2D eigenvalue weighted by Gasteiger charge is -2.34. The van der Waals surface area contributed by atoms with E-state index in [0.29, 0.717) is 29.9 Å². The first-order valence-corrected chi connectivity index (χ1v) is 7.94. The molecule has 2 N–H and O–H groups in total. The van der Waals surface area contributed by atoms with Gasteiger partial charge in [0.25, 0.3) is 0 Å². The van der Waals surface area contributed by atoms with Crippen LogP contribution in [0.1, 0.15) is 46.5 Å². The van der Waals surface area contributed by atoms with E-state index in [1.807, 2.05) is 0 Å². The van der Waals surface area contributed by atoms with Crippen molar-refractivity contribution in [2.45, 2.75) is 52.5 Å². The molecule has 1 aliphatic rings. The molecule has 6 nitrogen and oxygen atoms in total. The van der Waals surface area contributed by atoms with Crippen molar-refractivity contribution in [3.63, 3.8) is 0 Å². The minimum absolute atomic E-state index is 0.350. The standard InChI is InChI=1S/C15H27N5O/c1-5-9-16-13-18-14(20-15(19-13)21-4)17-12-8-6-7-10(2)11(12)3/h10-12H,5-9H2,1-4H3,(H2,16,17,18,19,20). The number of anilines is 2. The van der Waals surface area contributed by atoms with Gasteiger partial charge < -0.3 is 15.4 Å². The Morgan fingerprint density at radius 3 is 2.62 bits per heavy atom. The Bertz CT molecular complexity index is 454. The zero-order valence-corrected chi connectivity index (χ0v) is 13.5. The first-order chi connectivity index (χ1) is 10.1. The number of rotatable bonds is 6. The number of aromatic nitrogens is 3. The van der Waals surface area contributed by atoms with Crippen molar-refractivity contribution in [1.29, 1.82) is 0 Å². The summed E-state index contributed by atoms with van der Waals surface area (Å²) in [5.74, 6) is 2.53. The second kappa shape index (κ2) is 7.43. The SMILES string of the molecule is CCCNc1nc(NC2CCCC(C)C2C)nc(OC)n1. The lowest BCUT2D eigenvalue weighted by atomic mass is 9.78. The Labute approximate surface area is 127 Å². The summed E-state index contributed by atoms with van der Waals surface area (Å²) in [6, 6.07) is 0.766. The van der Waals surface area contributed by atoms with Crippen LogP contribution in [0.3, 0.4) is 0 Å². The molecule has 6 heteroatoms. The fourth-order valence-electron chi connectivity index (χ4n) is 2.78. The highest BCUT2D eigenvalue weighted by Gasteiger charge is 2.27. The van der Waals surface area contributed by atoms with Crippen molar-refractivity contribution >= 4 is 11.9 Å². The molecule has 21 heavy (non-hydrogen) atoms. The fourth-order valence-corrected chi connectivity index (χ4v) is 2.78. The van der Waals surface area contributed by atoms with Crippen LogP contribution in [0.5, 0.6) is 6.01 Å². The third-order valence-corrected chi connectivity index (χ3v) is 4.35. The van der Waals surface area contributed by atoms with Crippen molar-refractivity contribution in [3.8, 4) is 6.01 Å². The number of ether oxygens (including phenoxy) is 1. The number of hydrogen-bond acceptors (Lipinski definition) is 6. The lowest BCUT2D eigenvalue weighted by Crippen LogP contribution is -2.35. The van der Waals surface area contributed by atoms with E-state index in [2.05, 4.69) is 46.4 Å². The topological polar surface area (TPSA) is 72.0 Å². The van der Waals surface area contributed by atoms with E-state index >= 15 is 0 Å². The Morgan fingerprint density at radius 2 is 1.90 bits per heavy atom. The molecule has 2 rings (SSSR count). The Hall–Kier alpha value is -1.59. The van der Waals surface area contributed by atoms with E-state index in [9.17, 15) is 0 Å². The third-order valence-electron chi connectivity index (χ3n) is 4.35. The first-order valence-electron chi connectivity index (χ1n) is 7.94. The summed E-state index contributed by atoms with van der Waals surface area (Å²) in [4.78, 5) is 13.0. The quantitative estimate of drug-likeness (QED) is 0.840. The van der Waals surface area contributed by atoms with Gasteiger partial charge in [0.1, 0.15) is 0 Å². The molecule has 0 radical (unpaired) electrons. The maximum Gasteiger partial charge on any atom is 0.322 e. The molecule has 0 spiro atoms. The normalized spacial score (nSPS) is 25.4. The van der Waals surface area contributed by atoms with Crippen molar-refractivity contribution in [1.82, 2.24) is 15.0 Å². The van der Waals surface area contributed by atoms with Crippen molar-refractivity contribution < 1.29 is 4.74 Å². The van der Waals surface area contributed by atoms with E-state index in [-0.39, 0.29) is 0 Å². The van der Waals surface area contributed by atoms with E-state index in [1.165, 1.54) is 12.8 Å². The van der Waals surface area contributed by atoms with E-state index < -0.39 is 0 Å². The van der Waals surface area contributed by atoms with Gasteiger partial charge in [0, 0.05) is 12.6 Å². The van der Waals surface area contributed by atoms with Gasteiger partial charge in [0.05, 0.1) is 7.11 Å². The van der Waals surface area contributed by atoms with Gasteiger partial charge in [-0.25, -0.2) is 0 Å². The minimum atomic E-state index is 0.350. The molecular formula is C15H27N5O. The monoisotopic (exact) mass is 293 g/mol. The summed E-state index contributed by atoms with van der Waals surface area (Å²) in [6.07, 6.45) is 4.75. The smallest absolute Gasteiger partial charge is 0.322 e. The maximum absolute atomic E-state index is 5.17. The van der Waals surface area contributed by atoms with Crippen LogP contribution in [0.15, 0.2) is 0 Å². The molecule has 1 fully saturated rings. The maximum atomic E-state index is 5.17. The molecule has 1 saturated carbocycles. The average molecular weight is 293 g/mol. The molecule has 1 aromatic heterocycles. The summed E-state index contributed by atoms with van der Waals surface area (Å²) >= 11 is 0. The molecule has 1 aromatic rings. The highest BCUT2D eigenvalue weighted by Crippen LogP contribution is 2.31. The van der Waals surface area contributed by atoms with Gasteiger partial charge >= 0.3 is 6.01 Å². The van der Waals surface area contributed by atoms with Gasteiger partial charge in [-0.15, -0.1) is 0 Å². The van der Waals surface area contributed by atoms with E-state index in [1.54, 1.807) is 7.11 Å². The predicted molar refractivity (Wildman–Crippen MR) is 84.7 cm³/mol. The van der Waals surface area contributed by atoms with Crippen LogP contribution in [-0.2, 0) is 0 Å². The van der Waals surface area contributed by atoms with Crippen molar-refractivity contribution in [3.05, 3.63) is 0 Å². The molecule has 0 aromatic carbocycles. The van der Waals surface area contributed by atoms with Gasteiger partial charge in [-0.2, -0.15) is 15.0 Å². The summed E-state index contributed by atoms with van der Waals surface area (Å²) in [7, 11) is 1.58. The Balaban J connectivity index is 2.10. The molecule has 0 amide bonds. The van der Waals surface area contributed by atoms with Crippen LogP contribution in [0, 0.1) is 11.8 Å². The Morgan fingerprint density at radius 1 is 1.14 bits per heavy atom. The van der Waals surface area contributed by atoms with E-state index in [4.69, 9.17) is 4.74 Å².